The van der Waals surface area contributed by atoms with Gasteiger partial charge in [-0.1, -0.05) is 54.6 Å². The summed E-state index contributed by atoms with van der Waals surface area (Å²) in [5, 5.41) is 7.16. The monoisotopic (exact) mass is 381 g/mol. The maximum absolute atomic E-state index is 13.3. The SMILES string of the molecule is CN(Cc1ccc2ccccc2c1)C(=O)c1cc(C2CC2)nn1-c1ccccc1. The van der Waals surface area contributed by atoms with Crippen LogP contribution in [0.4, 0.5) is 0 Å². The highest BCUT2D eigenvalue weighted by Crippen LogP contribution is 2.39. The van der Waals surface area contributed by atoms with Gasteiger partial charge in [0.25, 0.3) is 5.91 Å². The summed E-state index contributed by atoms with van der Waals surface area (Å²) in [6.07, 6.45) is 2.32. The molecular weight excluding hydrogens is 358 g/mol. The Bertz CT molecular complexity index is 1180. The summed E-state index contributed by atoms with van der Waals surface area (Å²) in [5.74, 6) is 0.485. The van der Waals surface area contributed by atoms with Crippen molar-refractivity contribution in [3.05, 3.63) is 95.8 Å². The molecule has 1 aromatic heterocycles. The molecule has 1 aliphatic rings. The van der Waals surface area contributed by atoms with Gasteiger partial charge in [0.2, 0.25) is 0 Å². The van der Waals surface area contributed by atoms with Crippen LogP contribution in [-0.4, -0.2) is 27.6 Å². The van der Waals surface area contributed by atoms with Crippen LogP contribution in [0.1, 0.15) is 40.5 Å². The fourth-order valence-electron chi connectivity index (χ4n) is 3.77. The van der Waals surface area contributed by atoms with Crippen molar-refractivity contribution in [2.24, 2.45) is 0 Å². The summed E-state index contributed by atoms with van der Waals surface area (Å²) >= 11 is 0. The van der Waals surface area contributed by atoms with E-state index >= 15 is 0 Å². The molecule has 1 heterocycles. The molecule has 1 saturated carbocycles. The number of benzene rings is 3. The molecule has 0 spiro atoms. The topological polar surface area (TPSA) is 38.1 Å². The largest absolute Gasteiger partial charge is 0.336 e. The lowest BCUT2D eigenvalue weighted by atomic mass is 10.1. The van der Waals surface area contributed by atoms with Crippen molar-refractivity contribution in [3.8, 4) is 5.69 Å². The second kappa shape index (κ2) is 7.21. The molecule has 0 atom stereocenters. The summed E-state index contributed by atoms with van der Waals surface area (Å²) in [6.45, 7) is 0.558. The van der Waals surface area contributed by atoms with E-state index in [1.165, 1.54) is 10.8 Å². The van der Waals surface area contributed by atoms with E-state index < -0.39 is 0 Å². The third kappa shape index (κ3) is 3.54. The van der Waals surface area contributed by atoms with Gasteiger partial charge < -0.3 is 4.90 Å². The number of hydrogen-bond acceptors (Lipinski definition) is 2. The maximum atomic E-state index is 13.3. The van der Waals surface area contributed by atoms with Gasteiger partial charge in [-0.2, -0.15) is 5.10 Å². The van der Waals surface area contributed by atoms with Crippen LogP contribution in [0.5, 0.6) is 0 Å². The lowest BCUT2D eigenvalue weighted by Crippen LogP contribution is -2.28. The first-order valence-electron chi connectivity index (χ1n) is 10.1. The Morgan fingerprint density at radius 1 is 0.966 bits per heavy atom. The number of hydrogen-bond donors (Lipinski definition) is 0. The fraction of sp³-hybridized carbons (Fsp3) is 0.200. The Labute approximate surface area is 170 Å². The van der Waals surface area contributed by atoms with Crippen molar-refractivity contribution in [1.29, 1.82) is 0 Å². The molecule has 0 N–H and O–H groups in total. The van der Waals surface area contributed by atoms with Crippen molar-refractivity contribution < 1.29 is 4.79 Å². The minimum absolute atomic E-state index is 0.0126. The third-order valence-corrected chi connectivity index (χ3v) is 5.52. The first-order chi connectivity index (χ1) is 14.2. The summed E-state index contributed by atoms with van der Waals surface area (Å²) in [6, 6.07) is 26.5. The van der Waals surface area contributed by atoms with Crippen molar-refractivity contribution in [3.63, 3.8) is 0 Å². The van der Waals surface area contributed by atoms with E-state index in [1.807, 2.05) is 55.6 Å². The molecule has 29 heavy (non-hydrogen) atoms. The van der Waals surface area contributed by atoms with Gasteiger partial charge >= 0.3 is 0 Å². The molecule has 0 saturated heterocycles. The maximum Gasteiger partial charge on any atom is 0.272 e. The molecule has 4 nitrogen and oxygen atoms in total. The zero-order valence-corrected chi connectivity index (χ0v) is 16.5. The number of aromatic nitrogens is 2. The zero-order valence-electron chi connectivity index (χ0n) is 16.5. The molecule has 0 aliphatic heterocycles. The van der Waals surface area contributed by atoms with Crippen molar-refractivity contribution >= 4 is 16.7 Å². The Balaban J connectivity index is 1.44. The van der Waals surface area contributed by atoms with Crippen LogP contribution in [0, 0.1) is 0 Å². The van der Waals surface area contributed by atoms with Crippen LogP contribution in [0.15, 0.2) is 78.9 Å². The van der Waals surface area contributed by atoms with E-state index in [0.717, 1.165) is 29.8 Å². The molecule has 1 aliphatic carbocycles. The summed E-state index contributed by atoms with van der Waals surface area (Å²) in [7, 11) is 1.86. The van der Waals surface area contributed by atoms with E-state index in [4.69, 9.17) is 5.10 Å². The van der Waals surface area contributed by atoms with Gasteiger partial charge in [-0.05, 0) is 53.4 Å². The molecule has 1 fully saturated rings. The number of carbonyl (C=O) groups is 1. The minimum atomic E-state index is -0.0126. The molecule has 0 unspecified atom stereocenters. The summed E-state index contributed by atoms with van der Waals surface area (Å²) < 4.78 is 1.80. The second-order valence-electron chi connectivity index (χ2n) is 7.82. The normalized spacial score (nSPS) is 13.6. The Morgan fingerprint density at radius 2 is 1.69 bits per heavy atom. The van der Waals surface area contributed by atoms with Crippen LogP contribution in [0.2, 0.25) is 0 Å². The molecule has 5 rings (SSSR count). The van der Waals surface area contributed by atoms with Crippen molar-refractivity contribution in [2.75, 3.05) is 7.05 Å². The molecule has 4 aromatic rings. The molecule has 3 aromatic carbocycles. The highest BCUT2D eigenvalue weighted by Gasteiger charge is 2.29. The number of para-hydroxylation sites is 1. The van der Waals surface area contributed by atoms with Crippen molar-refractivity contribution in [1.82, 2.24) is 14.7 Å². The van der Waals surface area contributed by atoms with Gasteiger partial charge in [-0.25, -0.2) is 4.68 Å². The number of amides is 1. The second-order valence-corrected chi connectivity index (χ2v) is 7.82. The lowest BCUT2D eigenvalue weighted by molar-refractivity contribution is 0.0776. The number of rotatable bonds is 5. The lowest BCUT2D eigenvalue weighted by Gasteiger charge is -2.18. The van der Waals surface area contributed by atoms with E-state index in [2.05, 4.69) is 30.3 Å². The predicted molar refractivity (Wildman–Crippen MR) is 115 cm³/mol. The molecule has 0 bridgehead atoms. The summed E-state index contributed by atoms with van der Waals surface area (Å²) in [4.78, 5) is 15.1. The van der Waals surface area contributed by atoms with Gasteiger partial charge in [-0.3, -0.25) is 4.79 Å². The highest BCUT2D eigenvalue weighted by atomic mass is 16.2. The zero-order chi connectivity index (χ0) is 19.8. The average molecular weight is 381 g/mol. The molecule has 144 valence electrons. The van der Waals surface area contributed by atoms with Crippen LogP contribution >= 0.6 is 0 Å². The fourth-order valence-corrected chi connectivity index (χ4v) is 3.77. The molecule has 1 amide bonds. The Morgan fingerprint density at radius 3 is 2.45 bits per heavy atom. The van der Waals surface area contributed by atoms with Crippen molar-refractivity contribution in [2.45, 2.75) is 25.3 Å². The Kier molecular flexibility index (Phi) is 4.39. The molecule has 4 heteroatoms. The van der Waals surface area contributed by atoms with Crippen LogP contribution < -0.4 is 0 Å². The number of nitrogens with zero attached hydrogens (tertiary/aromatic N) is 3. The predicted octanol–water partition coefficient (Wildman–Crippen LogP) is 5.18. The van der Waals surface area contributed by atoms with E-state index in [0.29, 0.717) is 18.2 Å². The highest BCUT2D eigenvalue weighted by molar-refractivity contribution is 5.93. The molecule has 0 radical (unpaired) electrons. The first kappa shape index (κ1) is 17.7. The first-order valence-corrected chi connectivity index (χ1v) is 10.1. The standard InChI is InChI=1S/C25H23N3O/c1-27(17-18-11-12-19-7-5-6-8-21(19)15-18)25(29)24-16-23(20-13-14-20)26-28(24)22-9-3-2-4-10-22/h2-12,15-16,20H,13-14,17H2,1H3. The third-order valence-electron chi connectivity index (χ3n) is 5.52. The van der Waals surface area contributed by atoms with E-state index in [9.17, 15) is 4.79 Å². The quantitative estimate of drug-likeness (QED) is 0.478. The number of fused-ring (bicyclic) bond motifs is 1. The van der Waals surface area contributed by atoms with E-state index in [-0.39, 0.29) is 5.91 Å². The van der Waals surface area contributed by atoms with E-state index in [1.54, 1.807) is 9.58 Å². The van der Waals surface area contributed by atoms with Gasteiger partial charge in [0.05, 0.1) is 11.4 Å². The average Bonchev–Trinajstić information content (AvgIpc) is 3.52. The molecular formula is C25H23N3O. The van der Waals surface area contributed by atoms with Gasteiger partial charge in [-0.15, -0.1) is 0 Å². The Hall–Kier alpha value is -3.40. The van der Waals surface area contributed by atoms with Gasteiger partial charge in [0.15, 0.2) is 0 Å². The van der Waals surface area contributed by atoms with Gasteiger partial charge in [0.1, 0.15) is 5.69 Å². The van der Waals surface area contributed by atoms with Crippen LogP contribution in [0.25, 0.3) is 16.5 Å². The number of carbonyl (C=O) groups excluding carboxylic acids is 1. The van der Waals surface area contributed by atoms with Gasteiger partial charge in [0, 0.05) is 19.5 Å². The van der Waals surface area contributed by atoms with Crippen LogP contribution in [-0.2, 0) is 6.54 Å². The smallest absolute Gasteiger partial charge is 0.272 e. The summed E-state index contributed by atoms with van der Waals surface area (Å²) in [5.41, 5.74) is 3.69. The van der Waals surface area contributed by atoms with Crippen LogP contribution in [0.3, 0.4) is 0 Å². The minimum Gasteiger partial charge on any atom is -0.336 e.